The van der Waals surface area contributed by atoms with E-state index in [4.69, 9.17) is 23.9 Å². The number of hydrogen-bond donors (Lipinski definition) is 3. The van der Waals surface area contributed by atoms with Crippen molar-refractivity contribution in [2.45, 2.75) is 116 Å². The van der Waals surface area contributed by atoms with E-state index in [0.717, 1.165) is 44.0 Å². The van der Waals surface area contributed by atoms with E-state index < -0.39 is 0 Å². The van der Waals surface area contributed by atoms with Gasteiger partial charge in [0.1, 0.15) is 6.79 Å². The number of carbonyl (C=O) groups is 3. The van der Waals surface area contributed by atoms with Crippen molar-refractivity contribution >= 4 is 19.6 Å². The Bertz CT molecular complexity index is 1240. The summed E-state index contributed by atoms with van der Waals surface area (Å²) in [6.45, 7) is 21.4. The molecule has 1 aliphatic heterocycles. The first-order valence-electron chi connectivity index (χ1n) is 18.9. The molecule has 9 nitrogen and oxygen atoms in total. The number of imide groups is 1. The number of ether oxygens (including phenoxy) is 2. The number of benzene rings is 2. The van der Waals surface area contributed by atoms with Gasteiger partial charge in [0, 0.05) is 19.1 Å². The van der Waals surface area contributed by atoms with Crippen molar-refractivity contribution in [3.05, 3.63) is 70.8 Å². The first kappa shape index (κ1) is 45.5. The van der Waals surface area contributed by atoms with Crippen molar-refractivity contribution in [2.75, 3.05) is 46.9 Å². The Labute approximate surface area is 309 Å². The fraction of sp³-hybridized carbons (Fsp3) is 0.595. The molecule has 2 aromatic rings. The van der Waals surface area contributed by atoms with Gasteiger partial charge in [0.05, 0.1) is 13.7 Å². The molecule has 1 saturated heterocycles. The molecule has 1 fully saturated rings. The molecular weight excluding hydrogens is 640 g/mol. The molecule has 0 aromatic heterocycles. The van der Waals surface area contributed by atoms with Crippen molar-refractivity contribution in [3.63, 3.8) is 0 Å². The van der Waals surface area contributed by atoms with Gasteiger partial charge in [-0.2, -0.15) is 0 Å². The predicted molar refractivity (Wildman–Crippen MR) is 211 cm³/mol. The van der Waals surface area contributed by atoms with Gasteiger partial charge >= 0.3 is 0 Å². The number of aryl methyl sites for hydroxylation is 2. The summed E-state index contributed by atoms with van der Waals surface area (Å²) < 4.78 is 11.8. The van der Waals surface area contributed by atoms with Crippen molar-refractivity contribution in [2.24, 2.45) is 0 Å². The third-order valence-electron chi connectivity index (χ3n) is 9.60. The number of amides is 2. The van der Waals surface area contributed by atoms with E-state index in [1.807, 2.05) is 26.0 Å². The molecule has 9 heteroatoms. The largest absolute Gasteiger partial charge is 0.493 e. The van der Waals surface area contributed by atoms with Crippen LogP contribution in [0.2, 0.25) is 0 Å². The number of methoxy groups -OCH3 is 1. The molecular formula is C42H68N4O5. The maximum Gasteiger partial charge on any atom is 0.213 e. The molecule has 0 saturated carbocycles. The van der Waals surface area contributed by atoms with Crippen LogP contribution in [0.25, 0.3) is 0 Å². The van der Waals surface area contributed by atoms with Gasteiger partial charge < -0.3 is 35.1 Å². The van der Waals surface area contributed by atoms with Crippen molar-refractivity contribution in [3.8, 4) is 11.5 Å². The van der Waals surface area contributed by atoms with E-state index in [9.17, 15) is 0 Å². The van der Waals surface area contributed by atoms with E-state index in [0.29, 0.717) is 30.7 Å². The van der Waals surface area contributed by atoms with Gasteiger partial charge in [-0.1, -0.05) is 62.4 Å². The smallest absolute Gasteiger partial charge is 0.213 e. The van der Waals surface area contributed by atoms with Gasteiger partial charge in [-0.15, -0.1) is 6.58 Å². The van der Waals surface area contributed by atoms with E-state index in [-0.39, 0.29) is 0 Å². The standard InChI is InChI=1S/C39H63N3O2.C2H3NO2.CH2O/c1-8-15-32(5)41-29-37-31(4)25-30(3)26-36(37)33-19-22-42(23-20-33)21-13-11-10-12-14-24-44-39-27-34(17-18-38(39)43-7)35(16-9-2)28-40-6;4-1-3-2-5;1-2/h9,17-18,25-27,32-33,35,40-41H,2,8,10-16,19-24,28-29H2,1,3-7H3;1-2H,(H,3,4,5);1H2. The average Bonchev–Trinajstić information content (AvgIpc) is 3.13. The Kier molecular flexibility index (Phi) is 25.1. The second kappa shape index (κ2) is 28.1. The van der Waals surface area contributed by atoms with Gasteiger partial charge in [0.25, 0.3) is 0 Å². The number of carbonyl (C=O) groups excluding carboxylic acids is 3. The second-order valence-corrected chi connectivity index (χ2v) is 13.5. The van der Waals surface area contributed by atoms with Crippen LogP contribution in [0.4, 0.5) is 0 Å². The van der Waals surface area contributed by atoms with Crippen molar-refractivity contribution in [1.82, 2.24) is 20.9 Å². The second-order valence-electron chi connectivity index (χ2n) is 13.5. The van der Waals surface area contributed by atoms with Crippen molar-refractivity contribution in [1.29, 1.82) is 0 Å². The summed E-state index contributed by atoms with van der Waals surface area (Å²) in [5.74, 6) is 2.75. The average molecular weight is 709 g/mol. The van der Waals surface area contributed by atoms with Gasteiger partial charge in [0.15, 0.2) is 11.5 Å². The molecule has 3 rings (SSSR count). The summed E-state index contributed by atoms with van der Waals surface area (Å²) in [7, 11) is 3.71. The fourth-order valence-electron chi connectivity index (χ4n) is 6.94. The summed E-state index contributed by atoms with van der Waals surface area (Å²) in [4.78, 5) is 28.8. The van der Waals surface area contributed by atoms with Crippen LogP contribution in [0.1, 0.15) is 118 Å². The van der Waals surface area contributed by atoms with Crippen LogP contribution in [0.5, 0.6) is 11.5 Å². The Morgan fingerprint density at radius 2 is 1.67 bits per heavy atom. The Morgan fingerprint density at radius 3 is 2.27 bits per heavy atom. The number of likely N-dealkylation sites (N-methyl/N-ethyl adjacent to an activating group) is 1. The zero-order valence-corrected chi connectivity index (χ0v) is 32.6. The third-order valence-corrected chi connectivity index (χ3v) is 9.60. The van der Waals surface area contributed by atoms with Gasteiger partial charge in [-0.3, -0.25) is 9.59 Å². The van der Waals surface area contributed by atoms with Crippen LogP contribution in [-0.2, 0) is 20.9 Å². The molecule has 51 heavy (non-hydrogen) atoms. The number of allylic oxidation sites excluding steroid dienone is 1. The molecule has 0 radical (unpaired) electrons. The number of hydrogen-bond acceptors (Lipinski definition) is 8. The van der Waals surface area contributed by atoms with Crippen LogP contribution in [0, 0.1) is 13.8 Å². The molecule has 3 N–H and O–H groups in total. The summed E-state index contributed by atoms with van der Waals surface area (Å²) >= 11 is 0. The quantitative estimate of drug-likeness (QED) is 0.0624. The number of nitrogens with zero attached hydrogens (tertiary/aromatic N) is 1. The highest BCUT2D eigenvalue weighted by atomic mass is 16.5. The number of piperidine rings is 1. The highest BCUT2D eigenvalue weighted by Crippen LogP contribution is 2.34. The number of rotatable bonds is 23. The van der Waals surface area contributed by atoms with Gasteiger partial charge in [-0.25, -0.2) is 0 Å². The highest BCUT2D eigenvalue weighted by Gasteiger charge is 2.23. The van der Waals surface area contributed by atoms with Gasteiger partial charge in [-0.05, 0) is 132 Å². The minimum absolute atomic E-state index is 0.312. The van der Waals surface area contributed by atoms with Crippen LogP contribution < -0.4 is 25.4 Å². The third kappa shape index (κ3) is 17.5. The van der Waals surface area contributed by atoms with E-state index in [1.165, 1.54) is 87.7 Å². The molecule has 2 atom stereocenters. The Balaban J connectivity index is 0.00000170. The number of unbranched alkanes of at least 4 members (excludes halogenated alkanes) is 4. The summed E-state index contributed by atoms with van der Waals surface area (Å²) in [5.41, 5.74) is 7.29. The zero-order chi connectivity index (χ0) is 37.9. The predicted octanol–water partition coefficient (Wildman–Crippen LogP) is 7.38. The highest BCUT2D eigenvalue weighted by molar-refractivity contribution is 5.67. The maximum absolute atomic E-state index is 9.06. The molecule has 2 aromatic carbocycles. The first-order valence-corrected chi connectivity index (χ1v) is 18.9. The lowest BCUT2D eigenvalue weighted by molar-refractivity contribution is -0.117. The minimum atomic E-state index is 0.312. The SMILES string of the molecule is C=CCC(CNC)c1ccc(OC)c(OCCCCCCCN2CCC(c3cc(C)cc(C)c3CNC(C)CCC)CC2)c1.C=O.O=CNC=O. The minimum Gasteiger partial charge on any atom is -0.493 e. The molecule has 0 aliphatic carbocycles. The monoisotopic (exact) mass is 709 g/mol. The normalized spacial score (nSPS) is 14.2. The van der Waals surface area contributed by atoms with Crippen LogP contribution in [-0.4, -0.2) is 77.5 Å². The Morgan fingerprint density at radius 1 is 0.980 bits per heavy atom. The first-order chi connectivity index (χ1) is 24.8. The maximum atomic E-state index is 9.06. The molecule has 2 amide bonds. The molecule has 0 bridgehead atoms. The lowest BCUT2D eigenvalue weighted by atomic mass is 9.83. The summed E-state index contributed by atoms with van der Waals surface area (Å²) in [6, 6.07) is 11.8. The zero-order valence-electron chi connectivity index (χ0n) is 32.6. The van der Waals surface area contributed by atoms with Crippen molar-refractivity contribution < 1.29 is 23.9 Å². The molecule has 2 unspecified atom stereocenters. The molecule has 286 valence electrons. The molecule has 1 heterocycles. The number of nitrogens with one attached hydrogen (secondary N) is 3. The lowest BCUT2D eigenvalue weighted by Crippen LogP contribution is -2.34. The van der Waals surface area contributed by atoms with Gasteiger partial charge in [0.2, 0.25) is 12.8 Å². The molecule has 1 aliphatic rings. The van der Waals surface area contributed by atoms with E-state index >= 15 is 0 Å². The van der Waals surface area contributed by atoms with E-state index in [2.05, 4.69) is 74.1 Å². The topological polar surface area (TPSA) is 109 Å². The Hall–Kier alpha value is -3.53. The van der Waals surface area contributed by atoms with Crippen LogP contribution in [0.15, 0.2) is 43.0 Å². The van der Waals surface area contributed by atoms with Crippen LogP contribution in [0.3, 0.4) is 0 Å². The van der Waals surface area contributed by atoms with Crippen LogP contribution >= 0.6 is 0 Å². The fourth-order valence-corrected chi connectivity index (χ4v) is 6.94. The molecule has 0 spiro atoms. The summed E-state index contributed by atoms with van der Waals surface area (Å²) in [6.07, 6.45) is 14.8. The van der Waals surface area contributed by atoms with E-state index in [1.54, 1.807) is 23.6 Å². The summed E-state index contributed by atoms with van der Waals surface area (Å²) in [5, 5.41) is 8.85. The lowest BCUT2D eigenvalue weighted by Gasteiger charge is -2.34. The number of likely N-dealkylation sites (tertiary alicyclic amines) is 1.